The van der Waals surface area contributed by atoms with Gasteiger partial charge in [-0.25, -0.2) is 0 Å². The number of aromatic nitrogens is 3. The van der Waals surface area contributed by atoms with E-state index in [4.69, 9.17) is 9.47 Å². The number of hydrogen-bond acceptors (Lipinski definition) is 6. The summed E-state index contributed by atoms with van der Waals surface area (Å²) in [5.74, 6) is 2.20. The summed E-state index contributed by atoms with van der Waals surface area (Å²) >= 11 is 1.41. The smallest absolute Gasteiger partial charge is 0.233 e. The van der Waals surface area contributed by atoms with E-state index in [0.717, 1.165) is 16.5 Å². The molecule has 3 aromatic carbocycles. The van der Waals surface area contributed by atoms with E-state index in [-0.39, 0.29) is 11.2 Å². The number of carbonyl (C=O) groups is 1. The lowest BCUT2D eigenvalue weighted by Gasteiger charge is -2.13. The Morgan fingerprint density at radius 2 is 1.80 bits per heavy atom. The fourth-order valence-corrected chi connectivity index (χ4v) is 4.80. The van der Waals surface area contributed by atoms with E-state index in [9.17, 15) is 4.79 Å². The van der Waals surface area contributed by atoms with E-state index >= 15 is 0 Å². The van der Waals surface area contributed by atoms with Crippen LogP contribution in [0.25, 0.3) is 10.8 Å². The Kier molecular flexibility index (Phi) is 7.92. The fraction of sp³-hybridized carbons (Fsp3) is 0.296. The first kappa shape index (κ1) is 24.6. The zero-order chi connectivity index (χ0) is 24.8. The highest BCUT2D eigenvalue weighted by atomic mass is 32.2. The van der Waals surface area contributed by atoms with Crippen LogP contribution in [-0.4, -0.2) is 46.7 Å². The number of carbonyl (C=O) groups excluding carboxylic acids is 1. The van der Waals surface area contributed by atoms with Gasteiger partial charge in [-0.2, -0.15) is 0 Å². The van der Waals surface area contributed by atoms with Crippen LogP contribution in [-0.2, 0) is 24.7 Å². The van der Waals surface area contributed by atoms with E-state index in [1.54, 1.807) is 14.2 Å². The number of fused-ring (bicyclic) bond motifs is 1. The second-order valence-corrected chi connectivity index (χ2v) is 9.57. The van der Waals surface area contributed by atoms with Crippen molar-refractivity contribution in [1.82, 2.24) is 20.1 Å². The number of rotatable bonds is 10. The summed E-state index contributed by atoms with van der Waals surface area (Å²) in [4.78, 5) is 12.7. The third-order valence-electron chi connectivity index (χ3n) is 5.97. The Hall–Kier alpha value is -3.52. The zero-order valence-corrected chi connectivity index (χ0v) is 21.3. The van der Waals surface area contributed by atoms with Crippen molar-refractivity contribution in [3.05, 3.63) is 77.6 Å². The first-order valence-electron chi connectivity index (χ1n) is 11.5. The van der Waals surface area contributed by atoms with Crippen LogP contribution in [0.15, 0.2) is 65.8 Å². The second-order valence-electron chi connectivity index (χ2n) is 8.26. The molecule has 0 saturated heterocycles. The van der Waals surface area contributed by atoms with Gasteiger partial charge < -0.3 is 19.4 Å². The lowest BCUT2D eigenvalue weighted by Crippen LogP contribution is -2.32. The van der Waals surface area contributed by atoms with E-state index in [1.165, 1.54) is 28.1 Å². The molecule has 4 aromatic rings. The van der Waals surface area contributed by atoms with Gasteiger partial charge in [0.1, 0.15) is 5.82 Å². The molecule has 1 amide bonds. The number of thioether (sulfide) groups is 1. The van der Waals surface area contributed by atoms with Gasteiger partial charge in [0.15, 0.2) is 16.7 Å². The summed E-state index contributed by atoms with van der Waals surface area (Å²) in [6, 6.07) is 20.4. The molecule has 0 unspecified atom stereocenters. The lowest BCUT2D eigenvalue weighted by molar-refractivity contribution is -0.120. The van der Waals surface area contributed by atoms with Gasteiger partial charge in [-0.1, -0.05) is 60.3 Å². The summed E-state index contributed by atoms with van der Waals surface area (Å²) in [6.07, 6.45) is 1.37. The largest absolute Gasteiger partial charge is 0.493 e. The first-order chi connectivity index (χ1) is 17.0. The SMILES string of the molecule is COc1ccc(CCNC(=O)[C@H](C)Sc2nnc(Cc3cccc4ccccc34)n2C)cc1OC. The Labute approximate surface area is 209 Å². The van der Waals surface area contributed by atoms with Crippen LogP contribution in [0.1, 0.15) is 23.9 Å². The monoisotopic (exact) mass is 490 g/mol. The molecule has 1 aromatic heterocycles. The molecule has 0 radical (unpaired) electrons. The van der Waals surface area contributed by atoms with E-state index in [0.29, 0.717) is 30.9 Å². The molecule has 35 heavy (non-hydrogen) atoms. The van der Waals surface area contributed by atoms with Crippen LogP contribution in [0.5, 0.6) is 11.5 Å². The van der Waals surface area contributed by atoms with Gasteiger partial charge >= 0.3 is 0 Å². The van der Waals surface area contributed by atoms with Crippen molar-refractivity contribution >= 4 is 28.4 Å². The average molecular weight is 491 g/mol. The van der Waals surface area contributed by atoms with Crippen LogP contribution in [0.3, 0.4) is 0 Å². The normalized spacial score (nSPS) is 11.9. The molecule has 0 aliphatic heterocycles. The van der Waals surface area contributed by atoms with Crippen LogP contribution < -0.4 is 14.8 Å². The summed E-state index contributed by atoms with van der Waals surface area (Å²) in [7, 11) is 5.17. The van der Waals surface area contributed by atoms with Crippen LogP contribution >= 0.6 is 11.8 Å². The maximum absolute atomic E-state index is 12.7. The Morgan fingerprint density at radius 3 is 2.60 bits per heavy atom. The molecule has 0 spiro atoms. The summed E-state index contributed by atoms with van der Waals surface area (Å²) in [6.45, 7) is 2.42. The van der Waals surface area contributed by atoms with Gasteiger partial charge in [0.2, 0.25) is 5.91 Å². The van der Waals surface area contributed by atoms with E-state index in [2.05, 4.69) is 51.9 Å². The Balaban J connectivity index is 1.33. The zero-order valence-electron chi connectivity index (χ0n) is 20.4. The van der Waals surface area contributed by atoms with Crippen molar-refractivity contribution in [3.8, 4) is 11.5 Å². The Bertz CT molecular complexity index is 1320. The maximum Gasteiger partial charge on any atom is 0.233 e. The van der Waals surface area contributed by atoms with E-state index < -0.39 is 0 Å². The molecule has 4 rings (SSSR count). The molecular formula is C27H30N4O3S. The maximum atomic E-state index is 12.7. The lowest BCUT2D eigenvalue weighted by atomic mass is 10.0. The summed E-state index contributed by atoms with van der Waals surface area (Å²) in [5, 5.41) is 14.6. The van der Waals surface area contributed by atoms with Crippen molar-refractivity contribution in [2.75, 3.05) is 20.8 Å². The first-order valence-corrected chi connectivity index (χ1v) is 12.4. The molecule has 1 heterocycles. The highest BCUT2D eigenvalue weighted by molar-refractivity contribution is 8.00. The van der Waals surface area contributed by atoms with Crippen LogP contribution in [0.4, 0.5) is 0 Å². The fourth-order valence-electron chi connectivity index (χ4n) is 3.94. The van der Waals surface area contributed by atoms with Crippen molar-refractivity contribution in [1.29, 1.82) is 0 Å². The number of amides is 1. The van der Waals surface area contributed by atoms with Crippen LogP contribution in [0, 0.1) is 0 Å². The molecule has 0 aliphatic rings. The molecule has 0 fully saturated rings. The molecule has 0 saturated carbocycles. The second kappa shape index (κ2) is 11.3. The number of hydrogen-bond donors (Lipinski definition) is 1. The van der Waals surface area contributed by atoms with Crippen molar-refractivity contribution in [3.63, 3.8) is 0 Å². The van der Waals surface area contributed by atoms with Crippen molar-refractivity contribution in [2.24, 2.45) is 7.05 Å². The molecule has 182 valence electrons. The number of benzene rings is 3. The molecule has 0 aliphatic carbocycles. The minimum Gasteiger partial charge on any atom is -0.493 e. The molecule has 0 bridgehead atoms. The number of nitrogens with zero attached hydrogens (tertiary/aromatic N) is 3. The molecule has 8 heteroatoms. The van der Waals surface area contributed by atoms with Crippen molar-refractivity contribution in [2.45, 2.75) is 30.2 Å². The number of nitrogens with one attached hydrogen (secondary N) is 1. The number of methoxy groups -OCH3 is 2. The van der Waals surface area contributed by atoms with Gasteiger partial charge in [0, 0.05) is 20.0 Å². The van der Waals surface area contributed by atoms with Crippen LogP contribution in [0.2, 0.25) is 0 Å². The number of ether oxygens (including phenoxy) is 2. The van der Waals surface area contributed by atoms with Gasteiger partial charge in [-0.15, -0.1) is 10.2 Å². The van der Waals surface area contributed by atoms with Gasteiger partial charge in [-0.05, 0) is 47.4 Å². The highest BCUT2D eigenvalue weighted by Crippen LogP contribution is 2.28. The third kappa shape index (κ3) is 5.77. The third-order valence-corrected chi connectivity index (χ3v) is 7.10. The average Bonchev–Trinajstić information content (AvgIpc) is 3.22. The standard InChI is InChI=1S/C27H30N4O3S/c1-18(26(32)28-15-14-19-12-13-23(33-3)24(16-19)34-4)35-27-30-29-25(31(27)2)17-21-10-7-9-20-8-5-6-11-22(20)21/h5-13,16,18H,14-15,17H2,1-4H3,(H,28,32)/t18-/m0/s1. The molecule has 1 atom stereocenters. The topological polar surface area (TPSA) is 78.3 Å². The van der Waals surface area contributed by atoms with E-state index in [1.807, 2.05) is 42.8 Å². The summed E-state index contributed by atoms with van der Waals surface area (Å²) < 4.78 is 12.6. The predicted octanol–water partition coefficient (Wildman–Crippen LogP) is 4.42. The minimum absolute atomic E-state index is 0.0333. The molecule has 7 nitrogen and oxygen atoms in total. The summed E-state index contributed by atoms with van der Waals surface area (Å²) in [5.41, 5.74) is 2.27. The van der Waals surface area contributed by atoms with Gasteiger partial charge in [0.25, 0.3) is 0 Å². The van der Waals surface area contributed by atoms with Gasteiger partial charge in [-0.3, -0.25) is 4.79 Å². The molecule has 1 N–H and O–H groups in total. The Morgan fingerprint density at radius 1 is 1.03 bits per heavy atom. The predicted molar refractivity (Wildman–Crippen MR) is 139 cm³/mol. The van der Waals surface area contributed by atoms with Gasteiger partial charge in [0.05, 0.1) is 19.5 Å². The minimum atomic E-state index is -0.297. The highest BCUT2D eigenvalue weighted by Gasteiger charge is 2.19. The molecular weight excluding hydrogens is 460 g/mol. The van der Waals surface area contributed by atoms with Crippen molar-refractivity contribution < 1.29 is 14.3 Å². The quantitative estimate of drug-likeness (QED) is 0.332.